The average Bonchev–Trinajstić information content (AvgIpc) is 1.04. The van der Waals surface area contributed by atoms with E-state index < -0.39 is 90.6 Å². The van der Waals surface area contributed by atoms with E-state index in [2.05, 4.69) is 5.32 Å². The fourth-order valence-corrected chi connectivity index (χ4v) is 23.0. The third-order valence-electron chi connectivity index (χ3n) is 31.0. The maximum Gasteiger partial charge on any atom is 0.410 e. The van der Waals surface area contributed by atoms with Crippen LogP contribution in [0.1, 0.15) is 281 Å². The molecular formula is C113H177N9O22S2. The SMILES string of the molecule is CC[C@H](C)[C@@H]([C@@H](CC(=O)N1CCC[C@H]1[C@H](OC)[C@@H](C)C(=O)C[C@H](C)[C@@H](O)c1ccccc1)OC)N(C)C(=O)[C@@H](CC(=O)[C@H](C(C)C)N(C)C(=O)CCCCCN1C(=O)CC(SC)C1=O)C(C)C.CC[C@H](C)[C@@H]([C@@H](CC(=O)N1CCC[C@H]1[C@H](OC)[C@@H](C)C(=O)C[C@H](C)[C@@H](O)c1ccccc1)OC)N(C)C(=O)[C@@H](CC(=O)[C@H](C(C)C)N(C)C(=O)OCc1ccc(NCC(=O)CCCCCN2C(=O)CC(SC)C2=O)cc1)C(C)C. The molecule has 4 aliphatic rings. The lowest BCUT2D eigenvalue weighted by molar-refractivity contribution is -0.149. The molecule has 3 aromatic carbocycles. The van der Waals surface area contributed by atoms with Crippen molar-refractivity contribution in [2.24, 2.45) is 71.0 Å². The minimum atomic E-state index is -0.886. The van der Waals surface area contributed by atoms with Gasteiger partial charge in [0.1, 0.15) is 18.2 Å². The van der Waals surface area contributed by atoms with Crippen LogP contribution < -0.4 is 5.32 Å². The molecule has 7 rings (SSSR count). The van der Waals surface area contributed by atoms with E-state index in [0.29, 0.717) is 96.0 Å². The summed E-state index contributed by atoms with van der Waals surface area (Å²) >= 11 is 2.78. The van der Waals surface area contributed by atoms with E-state index in [9.17, 15) is 82.1 Å². The molecule has 3 aromatic rings. The van der Waals surface area contributed by atoms with Crippen molar-refractivity contribution in [3.8, 4) is 0 Å². The predicted molar refractivity (Wildman–Crippen MR) is 571 cm³/mol. The van der Waals surface area contributed by atoms with Gasteiger partial charge in [-0.3, -0.25) is 76.9 Å². The number of aliphatic hydroxyl groups excluding tert-OH is 2. The smallest absolute Gasteiger partial charge is 0.410 e. The minimum absolute atomic E-state index is 0.000711. The number of amides is 10. The summed E-state index contributed by atoms with van der Waals surface area (Å²) in [7, 11) is 12.8. The summed E-state index contributed by atoms with van der Waals surface area (Å²) < 4.78 is 29.9. The van der Waals surface area contributed by atoms with E-state index in [1.54, 1.807) is 93.4 Å². The van der Waals surface area contributed by atoms with E-state index in [-0.39, 0.29) is 223 Å². The first-order valence-electron chi connectivity index (χ1n) is 53.2. The van der Waals surface area contributed by atoms with Crippen LogP contribution in [0.5, 0.6) is 0 Å². The Hall–Kier alpha value is -8.83. The van der Waals surface area contributed by atoms with Crippen molar-refractivity contribution in [3.05, 3.63) is 102 Å². The van der Waals surface area contributed by atoms with Crippen molar-refractivity contribution >= 4 is 117 Å². The number of thioether (sulfide) groups is 2. The molecule has 0 radical (unpaired) electrons. The first-order valence-corrected chi connectivity index (χ1v) is 55.8. The number of nitrogens with zero attached hydrogens (tertiary/aromatic N) is 8. The lowest BCUT2D eigenvalue weighted by Gasteiger charge is -2.41. The van der Waals surface area contributed by atoms with Crippen LogP contribution in [0.2, 0.25) is 0 Å². The number of carbonyl (C=O) groups excluding carboxylic acids is 15. The fraction of sp³-hybridized carbons (Fsp3) is 0.708. The van der Waals surface area contributed by atoms with Crippen molar-refractivity contribution in [2.45, 2.75) is 342 Å². The Bertz CT molecular complexity index is 4680. The number of ketones is 5. The molecule has 33 heteroatoms. The number of methoxy groups -OCH3 is 4. The molecule has 31 nitrogen and oxygen atoms in total. The predicted octanol–water partition coefficient (Wildman–Crippen LogP) is 15.8. The number of anilines is 1. The van der Waals surface area contributed by atoms with Gasteiger partial charge < -0.3 is 68.6 Å². The molecular weight excluding hydrogens is 1900 g/mol. The van der Waals surface area contributed by atoms with Crippen LogP contribution in [0.3, 0.4) is 0 Å². The van der Waals surface area contributed by atoms with Crippen LogP contribution >= 0.6 is 23.5 Å². The molecule has 818 valence electrons. The van der Waals surface area contributed by atoms with Gasteiger partial charge in [0, 0.05) is 164 Å². The summed E-state index contributed by atoms with van der Waals surface area (Å²) in [6.07, 6.45) is 8.08. The van der Waals surface area contributed by atoms with E-state index in [1.165, 1.54) is 50.2 Å². The first kappa shape index (κ1) is 126. The summed E-state index contributed by atoms with van der Waals surface area (Å²) in [6.45, 7) is 32.4. The van der Waals surface area contributed by atoms with Crippen molar-refractivity contribution in [2.75, 3.05) is 107 Å². The molecule has 22 atom stereocenters. The number of Topliss-reactive ketones (excluding diaryl/α,β-unsaturated/α-hetero) is 5. The lowest BCUT2D eigenvalue weighted by atomic mass is 9.83. The van der Waals surface area contributed by atoms with Gasteiger partial charge in [-0.25, -0.2) is 4.79 Å². The van der Waals surface area contributed by atoms with Crippen LogP contribution in [-0.4, -0.2) is 311 Å². The van der Waals surface area contributed by atoms with Crippen molar-refractivity contribution in [3.63, 3.8) is 0 Å². The van der Waals surface area contributed by atoms with E-state index >= 15 is 0 Å². The van der Waals surface area contributed by atoms with Crippen LogP contribution in [0, 0.1) is 71.0 Å². The molecule has 146 heavy (non-hydrogen) atoms. The minimum Gasteiger partial charge on any atom is -0.445 e. The standard InChI is InChI=1S/C61H93N5O12S.C52H84N4O10S/c1-14-40(6)56(51(76-11)34-53(70)65-31-21-25-48(65)58(77-12)42(8)49(68)32-41(7)57(72)44-22-17-15-18-23-44)63(9)59(73)47(38(2)3)33-50(69)55(39(4)5)64(10)61(75)78-37-43-26-28-45(29-27-43)62-36-46(67)24-19-16-20-30-66-54(71)35-52(79-13)60(66)74;1-14-34(6)48(42(65-11)30-45(60)55-27-21-24-39(55)50(66-12)36(8)40(57)28-35(7)49(62)37-22-17-15-18-23-37)54(10)51(63)38(32(2)3)29-41(58)47(33(4)5)53(9)44(59)25-19-16-20-26-56-46(61)31-43(67-13)52(56)64/h15,17-18,22-23,26-29,38-42,47-48,51-52,55-58,62,72H,14,16,19-21,24-25,30-37H2,1-13H3;15,17-18,22-23,32-36,38-39,42-43,47-50,62H,14,16,19-21,24-31H2,1-13H3/t40-,41-,42-,47-,48-,51+,52?,55-,56-,57+,58+;34-,35-,36-,38-,39-,42+,43?,47-,48-,49+,50+/m00/s1. The zero-order valence-corrected chi connectivity index (χ0v) is 94.0. The molecule has 0 saturated carbocycles. The van der Waals surface area contributed by atoms with Gasteiger partial charge in [0.2, 0.25) is 53.2 Å². The second kappa shape index (κ2) is 62.1. The lowest BCUT2D eigenvalue weighted by Crippen LogP contribution is -2.54. The van der Waals surface area contributed by atoms with Gasteiger partial charge in [0.05, 0.1) is 103 Å². The number of nitrogens with one attached hydrogen (secondary N) is 1. The normalized spacial score (nSPS) is 19.8. The third kappa shape index (κ3) is 35.1. The highest BCUT2D eigenvalue weighted by molar-refractivity contribution is 8.00. The second-order valence-electron chi connectivity index (χ2n) is 42.6. The highest BCUT2D eigenvalue weighted by Gasteiger charge is 2.49. The molecule has 0 bridgehead atoms. The summed E-state index contributed by atoms with van der Waals surface area (Å²) in [6, 6.07) is 22.4. The monoisotopic (exact) mass is 2080 g/mol. The van der Waals surface area contributed by atoms with E-state index in [4.69, 9.17) is 23.7 Å². The largest absolute Gasteiger partial charge is 0.445 e. The molecule has 10 amide bonds. The maximum absolute atomic E-state index is 14.8. The molecule has 3 N–H and O–H groups in total. The van der Waals surface area contributed by atoms with Gasteiger partial charge in [-0.1, -0.05) is 209 Å². The number of likely N-dealkylation sites (tertiary alicyclic amines) is 4. The van der Waals surface area contributed by atoms with Gasteiger partial charge in [-0.2, -0.15) is 23.5 Å². The highest BCUT2D eigenvalue weighted by Crippen LogP contribution is 2.39. The summed E-state index contributed by atoms with van der Waals surface area (Å²) in [4.78, 5) is 216. The summed E-state index contributed by atoms with van der Waals surface area (Å²) in [5, 5.41) is 24.5. The topological polar surface area (TPSA) is 381 Å². The Kier molecular flexibility index (Phi) is 53.5. The number of likely N-dealkylation sites (N-methyl/N-ethyl adjacent to an activating group) is 4. The van der Waals surface area contributed by atoms with E-state index in [0.717, 1.165) is 36.1 Å². The number of rotatable bonds is 63. The van der Waals surface area contributed by atoms with Gasteiger partial charge in [-0.05, 0) is 140 Å². The number of ether oxygens (including phenoxy) is 5. The summed E-state index contributed by atoms with van der Waals surface area (Å²) in [5.41, 5.74) is 2.93. The van der Waals surface area contributed by atoms with Gasteiger partial charge in [-0.15, -0.1) is 0 Å². The summed E-state index contributed by atoms with van der Waals surface area (Å²) in [5.74, 6) is -6.36. The Morgan fingerprint density at radius 2 is 0.829 bits per heavy atom. The Morgan fingerprint density at radius 3 is 1.18 bits per heavy atom. The van der Waals surface area contributed by atoms with Crippen molar-refractivity contribution < 1.29 is 106 Å². The molecule has 0 spiro atoms. The quantitative estimate of drug-likeness (QED) is 0.0349. The number of benzene rings is 3. The zero-order valence-electron chi connectivity index (χ0n) is 92.3. The molecule has 0 aromatic heterocycles. The second-order valence-corrected chi connectivity index (χ2v) is 44.7. The van der Waals surface area contributed by atoms with Crippen molar-refractivity contribution in [1.29, 1.82) is 0 Å². The number of imide groups is 2. The zero-order chi connectivity index (χ0) is 109. The average molecular weight is 2080 g/mol. The Labute approximate surface area is 879 Å². The van der Waals surface area contributed by atoms with Crippen LogP contribution in [-0.2, 0) is 97.4 Å². The van der Waals surface area contributed by atoms with Gasteiger partial charge >= 0.3 is 6.09 Å². The molecule has 0 aliphatic carbocycles. The Morgan fingerprint density at radius 1 is 0.445 bits per heavy atom. The van der Waals surface area contributed by atoms with Crippen molar-refractivity contribution in [1.82, 2.24) is 39.2 Å². The Balaban J connectivity index is 0.000000452. The van der Waals surface area contributed by atoms with Gasteiger partial charge in [0.25, 0.3) is 0 Å². The fourth-order valence-electron chi connectivity index (χ4n) is 21.7. The molecule has 2 unspecified atom stereocenters. The molecule has 4 aliphatic heterocycles. The first-order chi connectivity index (χ1) is 69.2. The maximum atomic E-state index is 14.8. The number of unbranched alkanes of at least 4 members (excludes halogenated alkanes) is 4. The van der Waals surface area contributed by atoms with E-state index in [1.807, 2.05) is 184 Å². The molecule has 4 fully saturated rings. The third-order valence-corrected chi connectivity index (χ3v) is 32.9. The number of hydrogen-bond donors (Lipinski definition) is 3. The van der Waals surface area contributed by atoms with Crippen LogP contribution in [0.15, 0.2) is 84.9 Å². The van der Waals surface area contributed by atoms with Crippen LogP contribution in [0.4, 0.5) is 10.5 Å². The molecule has 4 saturated heterocycles. The number of hydrogen-bond acceptors (Lipinski definition) is 25. The van der Waals surface area contributed by atoms with Gasteiger partial charge in [0.15, 0.2) is 17.3 Å². The highest BCUT2D eigenvalue weighted by atomic mass is 32.2. The number of aliphatic hydroxyl groups is 2. The molecule has 4 heterocycles. The number of carbonyl (C=O) groups is 15. The van der Waals surface area contributed by atoms with Crippen LogP contribution in [0.25, 0.3) is 0 Å².